The van der Waals surface area contributed by atoms with Crippen molar-refractivity contribution in [3.63, 3.8) is 0 Å². The molecule has 0 spiro atoms. The minimum absolute atomic E-state index is 0.141. The van der Waals surface area contributed by atoms with E-state index in [0.29, 0.717) is 158 Å². The van der Waals surface area contributed by atoms with Gasteiger partial charge >= 0.3 is 5.97 Å². The average molecular weight is 771 g/mol. The van der Waals surface area contributed by atoms with Crippen LogP contribution >= 0.6 is 0 Å². The molecule has 0 aromatic carbocycles. The number of ether oxygens (including phenoxy) is 13. The number of hydrogen-bond donors (Lipinski definition) is 0. The average Bonchev–Trinajstić information content (AvgIpc) is 3.16. The zero-order valence-electron chi connectivity index (χ0n) is 33.7. The molecule has 0 rings (SSSR count). The van der Waals surface area contributed by atoms with Crippen molar-refractivity contribution in [1.82, 2.24) is 0 Å². The summed E-state index contributed by atoms with van der Waals surface area (Å²) in [6.07, 6.45) is 12.3. The maximum atomic E-state index is 11.7. The number of unbranched alkanes of at least 4 members (excludes halogenated alkanes) is 8. The van der Waals surface area contributed by atoms with Gasteiger partial charge in [-0.2, -0.15) is 0 Å². The van der Waals surface area contributed by atoms with E-state index < -0.39 is 0 Å². The maximum Gasteiger partial charge on any atom is 0.305 e. The highest BCUT2D eigenvalue weighted by molar-refractivity contribution is 5.69. The third kappa shape index (κ3) is 49.0. The molecule has 0 saturated heterocycles. The zero-order valence-corrected chi connectivity index (χ0v) is 33.7. The summed E-state index contributed by atoms with van der Waals surface area (Å²) in [4.78, 5) is 11.7. The van der Waals surface area contributed by atoms with E-state index in [2.05, 4.69) is 13.8 Å². The Hall–Kier alpha value is -1.01. The van der Waals surface area contributed by atoms with Crippen LogP contribution in [-0.2, 0) is 66.4 Å². The van der Waals surface area contributed by atoms with Crippen molar-refractivity contribution in [2.45, 2.75) is 84.5 Å². The zero-order chi connectivity index (χ0) is 38.2. The fourth-order valence-electron chi connectivity index (χ4n) is 4.49. The molecule has 0 N–H and O–H groups in total. The van der Waals surface area contributed by atoms with E-state index in [1.54, 1.807) is 0 Å². The van der Waals surface area contributed by atoms with Crippen LogP contribution in [0.25, 0.3) is 0 Å². The third-order valence-electron chi connectivity index (χ3n) is 7.46. The van der Waals surface area contributed by atoms with Gasteiger partial charge in [-0.25, -0.2) is 0 Å². The van der Waals surface area contributed by atoms with Crippen LogP contribution in [0.1, 0.15) is 84.5 Å². The van der Waals surface area contributed by atoms with Gasteiger partial charge in [-0.3, -0.25) is 4.79 Å². The molecule has 0 aliphatic heterocycles. The molecule has 0 aliphatic rings. The van der Waals surface area contributed by atoms with Crippen molar-refractivity contribution < 1.29 is 66.4 Å². The molecule has 53 heavy (non-hydrogen) atoms. The van der Waals surface area contributed by atoms with Crippen molar-refractivity contribution in [1.29, 1.82) is 0 Å². The van der Waals surface area contributed by atoms with Crippen LogP contribution in [0, 0.1) is 0 Å². The smallest absolute Gasteiger partial charge is 0.305 e. The summed E-state index contributed by atoms with van der Waals surface area (Å²) in [5, 5.41) is 0. The Morgan fingerprint density at radius 3 is 0.792 bits per heavy atom. The maximum absolute atomic E-state index is 11.7. The summed E-state index contributed by atoms with van der Waals surface area (Å²) in [6, 6.07) is 0. The van der Waals surface area contributed by atoms with Gasteiger partial charge in [-0.05, 0) is 12.8 Å². The van der Waals surface area contributed by atoms with E-state index in [-0.39, 0.29) is 12.6 Å². The van der Waals surface area contributed by atoms with Crippen LogP contribution in [0.3, 0.4) is 0 Å². The van der Waals surface area contributed by atoms with Crippen LogP contribution in [0.4, 0.5) is 0 Å². The van der Waals surface area contributed by atoms with Gasteiger partial charge in [-0.1, -0.05) is 65.2 Å². The van der Waals surface area contributed by atoms with Gasteiger partial charge in [0.25, 0.3) is 0 Å². The summed E-state index contributed by atoms with van der Waals surface area (Å²) in [5.41, 5.74) is 0. The first-order chi connectivity index (χ1) is 26.3. The lowest BCUT2D eigenvalue weighted by atomic mass is 10.1. The van der Waals surface area contributed by atoms with Gasteiger partial charge < -0.3 is 61.6 Å². The third-order valence-corrected chi connectivity index (χ3v) is 7.46. The molecule has 0 bridgehead atoms. The first-order valence-electron chi connectivity index (χ1n) is 20.4. The quantitative estimate of drug-likeness (QED) is 0.0602. The molecule has 0 radical (unpaired) electrons. The van der Waals surface area contributed by atoms with Gasteiger partial charge in [0, 0.05) is 13.0 Å². The standard InChI is InChI=1S/C39H78O14/c1-3-5-7-8-9-10-11-13-39(40)53-38-37-52-36-35-51-34-33-50-32-31-49-30-29-48-28-27-47-26-25-46-24-23-45-22-21-44-20-19-43-18-17-42-16-15-41-14-12-6-4-2/h3-38H2,1-2H3. The van der Waals surface area contributed by atoms with E-state index in [4.69, 9.17) is 61.6 Å². The Labute approximate surface area is 321 Å². The van der Waals surface area contributed by atoms with E-state index in [9.17, 15) is 4.79 Å². The second-order valence-electron chi connectivity index (χ2n) is 12.1. The highest BCUT2D eigenvalue weighted by atomic mass is 16.6. The van der Waals surface area contributed by atoms with Crippen molar-refractivity contribution >= 4 is 5.97 Å². The van der Waals surface area contributed by atoms with Gasteiger partial charge in [0.05, 0.1) is 152 Å². The summed E-state index contributed by atoms with van der Waals surface area (Å²) >= 11 is 0. The lowest BCUT2D eigenvalue weighted by molar-refractivity contribution is -0.145. The second-order valence-corrected chi connectivity index (χ2v) is 12.1. The molecule has 0 aromatic rings. The Morgan fingerprint density at radius 2 is 0.491 bits per heavy atom. The van der Waals surface area contributed by atoms with Crippen molar-refractivity contribution in [3.05, 3.63) is 0 Å². The number of rotatable bonds is 48. The molecular formula is C39H78O14. The number of esters is 1. The largest absolute Gasteiger partial charge is 0.463 e. The van der Waals surface area contributed by atoms with Gasteiger partial charge in [0.2, 0.25) is 0 Å². The molecular weight excluding hydrogens is 692 g/mol. The highest BCUT2D eigenvalue weighted by Gasteiger charge is 2.03. The van der Waals surface area contributed by atoms with Crippen LogP contribution in [0.5, 0.6) is 0 Å². The first-order valence-corrected chi connectivity index (χ1v) is 20.4. The fourth-order valence-corrected chi connectivity index (χ4v) is 4.49. The monoisotopic (exact) mass is 771 g/mol. The molecule has 0 saturated carbocycles. The molecule has 0 fully saturated rings. The Kier molecular flexibility index (Phi) is 48.1. The summed E-state index contributed by atoms with van der Waals surface area (Å²) < 4.78 is 71.0. The topological polar surface area (TPSA) is 137 Å². The SMILES string of the molecule is CCCCCCCCCC(=O)OCCOCCOCCOCCOCCOCCOCCOCCOCCOCCOCCOCCOCCCCC. The second kappa shape index (κ2) is 49.0. The predicted molar refractivity (Wildman–Crippen MR) is 203 cm³/mol. The molecule has 0 atom stereocenters. The lowest BCUT2D eigenvalue weighted by Gasteiger charge is -2.09. The lowest BCUT2D eigenvalue weighted by Crippen LogP contribution is -2.15. The first kappa shape index (κ1) is 52.0. The van der Waals surface area contributed by atoms with Crippen LogP contribution in [0.2, 0.25) is 0 Å². The Balaban J connectivity index is 3.09. The number of carbonyl (C=O) groups is 1. The van der Waals surface area contributed by atoms with Gasteiger partial charge in [0.1, 0.15) is 6.61 Å². The minimum Gasteiger partial charge on any atom is -0.463 e. The molecule has 0 unspecified atom stereocenters. The molecule has 14 heteroatoms. The minimum atomic E-state index is -0.141. The highest BCUT2D eigenvalue weighted by Crippen LogP contribution is 2.08. The van der Waals surface area contributed by atoms with Crippen molar-refractivity contribution in [2.75, 3.05) is 165 Å². The Bertz CT molecular complexity index is 676. The van der Waals surface area contributed by atoms with Crippen LogP contribution < -0.4 is 0 Å². The molecule has 0 amide bonds. The summed E-state index contributed by atoms with van der Waals surface area (Å²) in [6.45, 7) is 17.3. The van der Waals surface area contributed by atoms with Crippen molar-refractivity contribution in [3.8, 4) is 0 Å². The number of carbonyl (C=O) groups excluding carboxylic acids is 1. The van der Waals surface area contributed by atoms with E-state index in [0.717, 1.165) is 25.9 Å². The molecule has 318 valence electrons. The van der Waals surface area contributed by atoms with E-state index in [1.165, 1.54) is 44.9 Å². The van der Waals surface area contributed by atoms with Gasteiger partial charge in [-0.15, -0.1) is 0 Å². The predicted octanol–water partition coefficient (Wildman–Crippen LogP) is 5.06. The molecule has 0 heterocycles. The normalized spacial score (nSPS) is 11.5. The Morgan fingerprint density at radius 1 is 0.264 bits per heavy atom. The molecule has 0 aromatic heterocycles. The fraction of sp³-hybridized carbons (Fsp3) is 0.974. The van der Waals surface area contributed by atoms with E-state index >= 15 is 0 Å². The molecule has 0 aliphatic carbocycles. The van der Waals surface area contributed by atoms with Crippen molar-refractivity contribution in [2.24, 2.45) is 0 Å². The summed E-state index contributed by atoms with van der Waals surface area (Å²) in [7, 11) is 0. The number of hydrogen-bond acceptors (Lipinski definition) is 14. The van der Waals surface area contributed by atoms with Crippen LogP contribution in [0.15, 0.2) is 0 Å². The summed E-state index contributed by atoms with van der Waals surface area (Å²) in [5.74, 6) is -0.141. The van der Waals surface area contributed by atoms with Crippen LogP contribution in [-0.4, -0.2) is 171 Å². The van der Waals surface area contributed by atoms with Gasteiger partial charge in [0.15, 0.2) is 0 Å². The molecule has 14 nitrogen and oxygen atoms in total. The van der Waals surface area contributed by atoms with E-state index in [1.807, 2.05) is 0 Å².